The Morgan fingerprint density at radius 2 is 1.62 bits per heavy atom. The lowest BCUT2D eigenvalue weighted by molar-refractivity contribution is 0.301. The highest BCUT2D eigenvalue weighted by molar-refractivity contribution is 6.35. The molecule has 2 heterocycles. The molecule has 0 amide bonds. The minimum Gasteiger partial charge on any atom is -0.360 e. The highest BCUT2D eigenvalue weighted by Crippen LogP contribution is 2.41. The molecule has 29 heavy (non-hydrogen) atoms. The van der Waals surface area contributed by atoms with Crippen molar-refractivity contribution in [3.05, 3.63) is 107 Å². The Morgan fingerprint density at radius 3 is 2.38 bits per heavy atom. The Bertz CT molecular complexity index is 1100. The van der Waals surface area contributed by atoms with Gasteiger partial charge in [-0.2, -0.15) is 0 Å². The third-order valence-electron chi connectivity index (χ3n) is 6.29. The Labute approximate surface area is 177 Å². The van der Waals surface area contributed by atoms with Crippen molar-refractivity contribution in [2.75, 3.05) is 13.1 Å². The third-order valence-corrected chi connectivity index (χ3v) is 6.59. The lowest BCUT2D eigenvalue weighted by atomic mass is 9.74. The van der Waals surface area contributed by atoms with Crippen molar-refractivity contribution in [2.24, 2.45) is 0 Å². The standard InChI is InChI=1S/C26H25ClN2/c27-24-16-23(15-22-11-13-28-25(22)24)26(17-20-7-3-1-4-8-20)12-14-29(19-26)18-21-9-5-2-6-10-21/h1-11,13,15-16,28H,12,14,17-19H2. The van der Waals surface area contributed by atoms with E-state index in [0.717, 1.165) is 43.0 Å². The maximum Gasteiger partial charge on any atom is 0.0649 e. The van der Waals surface area contributed by atoms with Crippen molar-refractivity contribution in [3.63, 3.8) is 0 Å². The second kappa shape index (κ2) is 7.70. The van der Waals surface area contributed by atoms with Crippen molar-refractivity contribution >= 4 is 22.5 Å². The van der Waals surface area contributed by atoms with Crippen LogP contribution in [-0.4, -0.2) is 23.0 Å². The monoisotopic (exact) mass is 400 g/mol. The van der Waals surface area contributed by atoms with Crippen molar-refractivity contribution in [3.8, 4) is 0 Å². The smallest absolute Gasteiger partial charge is 0.0649 e. The van der Waals surface area contributed by atoms with Crippen LogP contribution in [0.25, 0.3) is 10.9 Å². The van der Waals surface area contributed by atoms with E-state index in [9.17, 15) is 0 Å². The summed E-state index contributed by atoms with van der Waals surface area (Å²) in [6, 6.07) is 28.3. The first-order chi connectivity index (χ1) is 14.2. The van der Waals surface area contributed by atoms with Gasteiger partial charge in [0.2, 0.25) is 0 Å². The van der Waals surface area contributed by atoms with Crippen LogP contribution in [0.15, 0.2) is 85.1 Å². The summed E-state index contributed by atoms with van der Waals surface area (Å²) < 4.78 is 0. The number of H-pyrrole nitrogens is 1. The van der Waals surface area contributed by atoms with Crippen LogP contribution in [0.1, 0.15) is 23.1 Å². The Morgan fingerprint density at radius 1 is 0.897 bits per heavy atom. The average molecular weight is 401 g/mol. The Hall–Kier alpha value is -2.55. The maximum absolute atomic E-state index is 6.67. The number of hydrogen-bond acceptors (Lipinski definition) is 1. The van der Waals surface area contributed by atoms with Crippen molar-refractivity contribution in [2.45, 2.75) is 24.8 Å². The zero-order valence-corrected chi connectivity index (χ0v) is 17.2. The van der Waals surface area contributed by atoms with E-state index in [-0.39, 0.29) is 5.41 Å². The van der Waals surface area contributed by atoms with E-state index in [0.29, 0.717) is 0 Å². The van der Waals surface area contributed by atoms with Gasteiger partial charge in [0.25, 0.3) is 0 Å². The molecule has 1 aliphatic heterocycles. The van der Waals surface area contributed by atoms with Crippen molar-refractivity contribution in [1.29, 1.82) is 0 Å². The van der Waals surface area contributed by atoms with Gasteiger partial charge in [0.05, 0.1) is 10.5 Å². The lowest BCUT2D eigenvalue weighted by Crippen LogP contribution is -2.33. The molecule has 0 saturated carbocycles. The van der Waals surface area contributed by atoms with Gasteiger partial charge < -0.3 is 4.98 Å². The first-order valence-corrected chi connectivity index (χ1v) is 10.7. The minimum absolute atomic E-state index is 0.0746. The normalized spacial score (nSPS) is 19.8. The van der Waals surface area contributed by atoms with Crippen LogP contribution in [0.5, 0.6) is 0 Å². The quantitative estimate of drug-likeness (QED) is 0.422. The molecule has 0 aliphatic carbocycles. The molecule has 1 atom stereocenters. The van der Waals surface area contributed by atoms with Crippen LogP contribution in [0, 0.1) is 0 Å². The summed E-state index contributed by atoms with van der Waals surface area (Å²) in [4.78, 5) is 5.86. The molecule has 3 aromatic carbocycles. The van der Waals surface area contributed by atoms with Gasteiger partial charge in [-0.1, -0.05) is 72.3 Å². The fourth-order valence-corrected chi connectivity index (χ4v) is 5.12. The summed E-state index contributed by atoms with van der Waals surface area (Å²) in [7, 11) is 0. The molecule has 1 N–H and O–H groups in total. The van der Waals surface area contributed by atoms with E-state index in [1.54, 1.807) is 0 Å². The van der Waals surface area contributed by atoms with Gasteiger partial charge in [0, 0.05) is 30.1 Å². The highest BCUT2D eigenvalue weighted by atomic mass is 35.5. The van der Waals surface area contributed by atoms with Gasteiger partial charge in [0.15, 0.2) is 0 Å². The molecule has 2 nitrogen and oxygen atoms in total. The molecule has 0 spiro atoms. The predicted molar refractivity (Wildman–Crippen MR) is 121 cm³/mol. The molecule has 1 aromatic heterocycles. The van der Waals surface area contributed by atoms with Crippen molar-refractivity contribution < 1.29 is 0 Å². The van der Waals surface area contributed by atoms with Crippen LogP contribution >= 0.6 is 11.6 Å². The van der Waals surface area contributed by atoms with Crippen LogP contribution in [0.2, 0.25) is 5.02 Å². The summed E-state index contributed by atoms with van der Waals surface area (Å²) in [6.45, 7) is 3.14. The molecular weight excluding hydrogens is 376 g/mol. The summed E-state index contributed by atoms with van der Waals surface area (Å²) in [5.74, 6) is 0. The molecule has 1 aliphatic rings. The van der Waals surface area contributed by atoms with E-state index in [1.165, 1.54) is 22.1 Å². The molecule has 1 fully saturated rings. The fraction of sp³-hybridized carbons (Fsp3) is 0.231. The van der Waals surface area contributed by atoms with Crippen LogP contribution < -0.4 is 0 Å². The average Bonchev–Trinajstić information content (AvgIpc) is 3.38. The number of aromatic nitrogens is 1. The maximum atomic E-state index is 6.67. The van der Waals surface area contributed by atoms with Gasteiger partial charge in [-0.3, -0.25) is 4.90 Å². The molecule has 5 rings (SSSR count). The zero-order chi connectivity index (χ0) is 19.7. The topological polar surface area (TPSA) is 19.0 Å². The number of halogens is 1. The number of likely N-dealkylation sites (tertiary alicyclic amines) is 1. The van der Waals surface area contributed by atoms with Gasteiger partial charge in [-0.05, 0) is 54.3 Å². The fourth-order valence-electron chi connectivity index (χ4n) is 4.84. The van der Waals surface area contributed by atoms with Crippen LogP contribution in [0.4, 0.5) is 0 Å². The van der Waals surface area contributed by atoms with E-state index >= 15 is 0 Å². The second-order valence-corrected chi connectivity index (χ2v) is 8.70. The van der Waals surface area contributed by atoms with Gasteiger partial charge >= 0.3 is 0 Å². The number of fused-ring (bicyclic) bond motifs is 1. The number of rotatable bonds is 5. The van der Waals surface area contributed by atoms with Crippen LogP contribution in [-0.2, 0) is 18.4 Å². The van der Waals surface area contributed by atoms with Gasteiger partial charge in [-0.15, -0.1) is 0 Å². The summed E-state index contributed by atoms with van der Waals surface area (Å²) >= 11 is 6.67. The first kappa shape index (κ1) is 18.5. The minimum atomic E-state index is 0.0746. The highest BCUT2D eigenvalue weighted by Gasteiger charge is 2.40. The number of nitrogens with one attached hydrogen (secondary N) is 1. The van der Waals surface area contributed by atoms with Crippen LogP contribution in [0.3, 0.4) is 0 Å². The molecule has 0 bridgehead atoms. The molecule has 4 aromatic rings. The van der Waals surface area contributed by atoms with E-state index in [1.807, 2.05) is 6.20 Å². The molecule has 1 saturated heterocycles. The van der Waals surface area contributed by atoms with Crippen molar-refractivity contribution in [1.82, 2.24) is 9.88 Å². The summed E-state index contributed by atoms with van der Waals surface area (Å²) in [5, 5.41) is 2.01. The number of hydrogen-bond donors (Lipinski definition) is 1. The molecule has 0 radical (unpaired) electrons. The van der Waals surface area contributed by atoms with Gasteiger partial charge in [-0.25, -0.2) is 0 Å². The Balaban J connectivity index is 1.51. The van der Waals surface area contributed by atoms with E-state index < -0.39 is 0 Å². The summed E-state index contributed by atoms with van der Waals surface area (Å²) in [5.41, 5.74) is 5.23. The lowest BCUT2D eigenvalue weighted by Gasteiger charge is -2.31. The molecule has 1 unspecified atom stereocenters. The SMILES string of the molecule is Clc1cc(C2(Cc3ccccc3)CCN(Cc3ccccc3)C2)cc2cc[nH]c12. The Kier molecular flexibility index (Phi) is 4.91. The summed E-state index contributed by atoms with van der Waals surface area (Å²) in [6.07, 6.45) is 4.15. The van der Waals surface area contributed by atoms with E-state index in [4.69, 9.17) is 11.6 Å². The number of nitrogens with zero attached hydrogens (tertiary/aromatic N) is 1. The number of benzene rings is 3. The van der Waals surface area contributed by atoms with E-state index in [2.05, 4.69) is 88.7 Å². The molecule has 146 valence electrons. The molecular formula is C26H25ClN2. The largest absolute Gasteiger partial charge is 0.360 e. The number of aromatic amines is 1. The predicted octanol–water partition coefficient (Wildman–Crippen LogP) is 6.21. The second-order valence-electron chi connectivity index (χ2n) is 8.29. The third kappa shape index (κ3) is 3.71. The zero-order valence-electron chi connectivity index (χ0n) is 16.4. The van der Waals surface area contributed by atoms with Gasteiger partial charge in [0.1, 0.15) is 0 Å². The molecule has 3 heteroatoms. The first-order valence-electron chi connectivity index (χ1n) is 10.3.